The maximum atomic E-state index is 2.27. The molecule has 0 amide bonds. The summed E-state index contributed by atoms with van der Waals surface area (Å²) in [4.78, 5) is 0. The van der Waals surface area contributed by atoms with Gasteiger partial charge in [-0.1, -0.05) is 60.7 Å². The fourth-order valence-electron chi connectivity index (χ4n) is 4.18. The third-order valence-corrected chi connectivity index (χ3v) is 8.64. The van der Waals surface area contributed by atoms with Gasteiger partial charge in [-0.25, -0.2) is 0 Å². The van der Waals surface area contributed by atoms with Gasteiger partial charge in [-0.05, 0) is 42.2 Å². The van der Waals surface area contributed by atoms with E-state index in [0.717, 1.165) is 22.3 Å². The first-order valence-corrected chi connectivity index (χ1v) is 10.8. The van der Waals surface area contributed by atoms with E-state index in [1.54, 1.807) is 0 Å². The molecule has 4 atom stereocenters. The lowest BCUT2D eigenvalue weighted by Crippen LogP contribution is -2.27. The summed E-state index contributed by atoms with van der Waals surface area (Å²) in [6.07, 6.45) is 4.43. The van der Waals surface area contributed by atoms with Crippen LogP contribution in [0.3, 0.4) is 0 Å². The van der Waals surface area contributed by atoms with Gasteiger partial charge in [0.2, 0.25) is 0 Å². The van der Waals surface area contributed by atoms with Gasteiger partial charge in [0.25, 0.3) is 0 Å². The number of benzene rings is 2. The van der Waals surface area contributed by atoms with E-state index in [-0.39, 0.29) is 0 Å². The zero-order chi connectivity index (χ0) is 15.5. The highest BCUT2D eigenvalue weighted by Crippen LogP contribution is 2.54. The fourth-order valence-corrected chi connectivity index (χ4v) is 7.67. The van der Waals surface area contributed by atoms with Crippen molar-refractivity contribution in [1.29, 1.82) is 0 Å². The molecule has 0 saturated heterocycles. The number of hydrogen-bond donors (Lipinski definition) is 0. The standard InChI is InChI=1S/C21H24S2/c1-3-7-16(8-4-1)14-22-20-18-11-12-19(13-18)21(20)23-15-17-9-5-2-6-10-17/h1-10,18-21H,11-15H2/t18-,19+,20+,21-. The third-order valence-electron chi connectivity index (χ3n) is 5.34. The smallest absolute Gasteiger partial charge is 0.0200 e. The molecule has 2 fully saturated rings. The molecule has 0 radical (unpaired) electrons. The summed E-state index contributed by atoms with van der Waals surface area (Å²) in [5, 5.41) is 1.73. The minimum atomic E-state index is 0.864. The highest BCUT2D eigenvalue weighted by Gasteiger charge is 2.47. The maximum absolute atomic E-state index is 2.27. The third kappa shape index (κ3) is 3.64. The quantitative estimate of drug-likeness (QED) is 0.630. The van der Waals surface area contributed by atoms with Gasteiger partial charge in [0.05, 0.1) is 0 Å². The van der Waals surface area contributed by atoms with Crippen molar-refractivity contribution in [2.75, 3.05) is 0 Å². The van der Waals surface area contributed by atoms with Gasteiger partial charge in [0.15, 0.2) is 0 Å². The van der Waals surface area contributed by atoms with E-state index in [9.17, 15) is 0 Å². The van der Waals surface area contributed by atoms with E-state index in [1.165, 1.54) is 41.9 Å². The number of fused-ring (bicyclic) bond motifs is 2. The Balaban J connectivity index is 1.38. The number of rotatable bonds is 6. The van der Waals surface area contributed by atoms with Crippen LogP contribution in [0.25, 0.3) is 0 Å². The summed E-state index contributed by atoms with van der Waals surface area (Å²) in [5.41, 5.74) is 2.96. The molecule has 0 nitrogen and oxygen atoms in total. The second-order valence-electron chi connectivity index (χ2n) is 6.86. The Kier molecular flexibility index (Phi) is 5.01. The first-order chi connectivity index (χ1) is 11.4. The van der Waals surface area contributed by atoms with Crippen LogP contribution in [0, 0.1) is 11.8 Å². The van der Waals surface area contributed by atoms with Gasteiger partial charge in [-0.2, -0.15) is 23.5 Å². The molecule has 4 rings (SSSR count). The van der Waals surface area contributed by atoms with Crippen LogP contribution in [0.2, 0.25) is 0 Å². The molecule has 0 aliphatic heterocycles. The van der Waals surface area contributed by atoms with Crippen molar-refractivity contribution in [2.24, 2.45) is 11.8 Å². The van der Waals surface area contributed by atoms with Crippen LogP contribution in [0.1, 0.15) is 30.4 Å². The molecule has 2 bridgehead atoms. The van der Waals surface area contributed by atoms with Crippen molar-refractivity contribution in [3.05, 3.63) is 71.8 Å². The van der Waals surface area contributed by atoms with Crippen molar-refractivity contribution >= 4 is 23.5 Å². The Morgan fingerprint density at radius 3 is 1.52 bits per heavy atom. The van der Waals surface area contributed by atoms with Crippen LogP contribution in [-0.4, -0.2) is 10.5 Å². The van der Waals surface area contributed by atoms with Crippen LogP contribution in [0.5, 0.6) is 0 Å². The zero-order valence-corrected chi connectivity index (χ0v) is 15.1. The zero-order valence-electron chi connectivity index (χ0n) is 13.4. The minimum absolute atomic E-state index is 0.864. The van der Waals surface area contributed by atoms with E-state index in [4.69, 9.17) is 0 Å². The van der Waals surface area contributed by atoms with Gasteiger partial charge in [-0.3, -0.25) is 0 Å². The van der Waals surface area contributed by atoms with Gasteiger partial charge < -0.3 is 0 Å². The highest BCUT2D eigenvalue weighted by atomic mass is 32.2. The van der Waals surface area contributed by atoms with Crippen LogP contribution in [0.15, 0.2) is 60.7 Å². The second kappa shape index (κ2) is 7.36. The van der Waals surface area contributed by atoms with E-state index in [0.29, 0.717) is 0 Å². The van der Waals surface area contributed by atoms with Crippen LogP contribution in [-0.2, 0) is 11.5 Å². The Labute approximate surface area is 148 Å². The lowest BCUT2D eigenvalue weighted by Gasteiger charge is -2.30. The number of hydrogen-bond acceptors (Lipinski definition) is 2. The highest BCUT2D eigenvalue weighted by molar-refractivity contribution is 8.03. The summed E-state index contributed by atoms with van der Waals surface area (Å²) >= 11 is 4.45. The molecule has 2 saturated carbocycles. The molecule has 0 unspecified atom stereocenters. The molecule has 0 spiro atoms. The Morgan fingerprint density at radius 1 is 0.652 bits per heavy atom. The van der Waals surface area contributed by atoms with Gasteiger partial charge in [0.1, 0.15) is 0 Å². The first-order valence-electron chi connectivity index (χ1n) is 8.71. The van der Waals surface area contributed by atoms with Crippen LogP contribution in [0.4, 0.5) is 0 Å². The number of thioether (sulfide) groups is 2. The van der Waals surface area contributed by atoms with Crippen molar-refractivity contribution in [2.45, 2.75) is 41.3 Å². The van der Waals surface area contributed by atoms with Gasteiger partial charge >= 0.3 is 0 Å². The molecule has 2 heteroatoms. The summed E-state index contributed by atoms with van der Waals surface area (Å²) in [7, 11) is 0. The molecule has 2 aliphatic rings. The van der Waals surface area contributed by atoms with E-state index < -0.39 is 0 Å². The summed E-state index contributed by atoms with van der Waals surface area (Å²) in [5.74, 6) is 4.30. The molecule has 2 aromatic rings. The van der Waals surface area contributed by atoms with Crippen molar-refractivity contribution in [3.8, 4) is 0 Å². The lowest BCUT2D eigenvalue weighted by molar-refractivity contribution is 0.503. The van der Waals surface area contributed by atoms with Crippen LogP contribution < -0.4 is 0 Å². The predicted octanol–water partition coefficient (Wildman–Crippen LogP) is 6.02. The fraction of sp³-hybridized carbons (Fsp3) is 0.429. The summed E-state index contributed by atoms with van der Waals surface area (Å²) in [6, 6.07) is 22.0. The van der Waals surface area contributed by atoms with E-state index >= 15 is 0 Å². The normalized spacial score (nSPS) is 29.0. The molecule has 120 valence electrons. The SMILES string of the molecule is c1ccc(CS[C@@H]2[C@H]3CC[C@H](C3)[C@@H]2SCc2ccccc2)cc1. The molecule has 2 aliphatic carbocycles. The average molecular weight is 341 g/mol. The molecular formula is C21H24S2. The first kappa shape index (κ1) is 15.7. The molecular weight excluding hydrogens is 316 g/mol. The van der Waals surface area contributed by atoms with E-state index in [2.05, 4.69) is 84.2 Å². The Hall–Kier alpha value is -0.860. The summed E-state index contributed by atoms with van der Waals surface area (Å²) < 4.78 is 0. The maximum Gasteiger partial charge on any atom is 0.0200 e. The minimum Gasteiger partial charge on any atom is -0.152 e. The van der Waals surface area contributed by atoms with Crippen molar-refractivity contribution in [3.63, 3.8) is 0 Å². The monoisotopic (exact) mass is 340 g/mol. The second-order valence-corrected chi connectivity index (χ2v) is 9.19. The Bertz CT molecular complexity index is 555. The summed E-state index contributed by atoms with van der Waals surface area (Å²) in [6.45, 7) is 0. The molecule has 0 heterocycles. The predicted molar refractivity (Wildman–Crippen MR) is 104 cm³/mol. The molecule has 2 aromatic carbocycles. The molecule has 23 heavy (non-hydrogen) atoms. The van der Waals surface area contributed by atoms with Crippen molar-refractivity contribution in [1.82, 2.24) is 0 Å². The largest absolute Gasteiger partial charge is 0.152 e. The average Bonchev–Trinajstić information content (AvgIpc) is 3.21. The Morgan fingerprint density at radius 2 is 1.09 bits per heavy atom. The van der Waals surface area contributed by atoms with Crippen LogP contribution >= 0.6 is 23.5 Å². The van der Waals surface area contributed by atoms with Crippen molar-refractivity contribution < 1.29 is 0 Å². The molecule has 0 aromatic heterocycles. The molecule has 0 N–H and O–H groups in total. The van der Waals surface area contributed by atoms with Gasteiger partial charge in [-0.15, -0.1) is 0 Å². The van der Waals surface area contributed by atoms with E-state index in [1.807, 2.05) is 0 Å². The topological polar surface area (TPSA) is 0 Å². The van der Waals surface area contributed by atoms with Gasteiger partial charge in [0, 0.05) is 22.0 Å². The lowest BCUT2D eigenvalue weighted by atomic mass is 10.00.